The number of nitrogens with zero attached hydrogens (tertiary/aromatic N) is 4. The topological polar surface area (TPSA) is 152 Å². The van der Waals surface area contributed by atoms with Gasteiger partial charge in [-0.05, 0) is 18.4 Å². The molecule has 0 unspecified atom stereocenters. The first-order valence-electron chi connectivity index (χ1n) is 12.1. The number of anilines is 1. The highest BCUT2D eigenvalue weighted by Gasteiger charge is 2.30. The first-order valence-corrected chi connectivity index (χ1v) is 12.1. The zero-order chi connectivity index (χ0) is 26.6. The summed E-state index contributed by atoms with van der Waals surface area (Å²) in [5.41, 5.74) is 9.12. The quantitative estimate of drug-likeness (QED) is 0.249. The molecule has 11 nitrogen and oxygen atoms in total. The van der Waals surface area contributed by atoms with E-state index < -0.39 is 11.7 Å². The molecule has 4 heterocycles. The summed E-state index contributed by atoms with van der Waals surface area (Å²) in [4.78, 5) is 35.6. The van der Waals surface area contributed by atoms with E-state index in [1.165, 1.54) is 31.9 Å². The molecule has 1 fully saturated rings. The number of likely N-dealkylation sites (tertiary alicyclic amines) is 1. The molecule has 1 aromatic carbocycles. The van der Waals surface area contributed by atoms with Crippen molar-refractivity contribution in [1.82, 2.24) is 25.1 Å². The molecule has 0 atom stereocenters. The maximum atomic E-state index is 13.4. The summed E-state index contributed by atoms with van der Waals surface area (Å²) in [7, 11) is 1.49. The second kappa shape index (κ2) is 10.6. The second-order valence-electron chi connectivity index (χ2n) is 8.72. The molecule has 1 saturated heterocycles. The highest BCUT2D eigenvalue weighted by molar-refractivity contribution is 6.45. The van der Waals surface area contributed by atoms with Gasteiger partial charge in [0.15, 0.2) is 5.82 Å². The molecule has 194 valence electrons. The van der Waals surface area contributed by atoms with Gasteiger partial charge >= 0.3 is 0 Å². The molecular formula is C27H27N7O4. The number of H-pyrrole nitrogens is 1. The number of rotatable bonds is 7. The number of aromatic amines is 1. The SMILES string of the molecule is COc1cnc(N/C=C\N)c2[nH]cc(C(=O)C(=O)N3CCC(=C(c4ccccc4)c4nnc(C)o4)CC3)c12. The van der Waals surface area contributed by atoms with Crippen LogP contribution in [0.4, 0.5) is 5.82 Å². The molecule has 38 heavy (non-hydrogen) atoms. The Morgan fingerprint density at radius 2 is 1.95 bits per heavy atom. The van der Waals surface area contributed by atoms with Crippen LogP contribution in [0.1, 0.15) is 40.5 Å². The van der Waals surface area contributed by atoms with E-state index in [0.717, 1.165) is 16.7 Å². The third kappa shape index (κ3) is 4.61. The number of Topliss-reactive ketones (excluding diaryl/α,β-unsaturated/α-hetero) is 1. The fourth-order valence-corrected chi connectivity index (χ4v) is 4.66. The van der Waals surface area contributed by atoms with Crippen LogP contribution >= 0.6 is 0 Å². The van der Waals surface area contributed by atoms with Gasteiger partial charge in [0.25, 0.3) is 11.7 Å². The molecule has 4 N–H and O–H groups in total. The summed E-state index contributed by atoms with van der Waals surface area (Å²) >= 11 is 0. The van der Waals surface area contributed by atoms with Crippen LogP contribution in [0.15, 0.2) is 65.1 Å². The molecule has 0 radical (unpaired) electrons. The standard InChI is InChI=1S/C27H27N7O4/c1-16-32-33-26(38-16)21(17-6-4-3-5-7-17)18-8-12-34(13-9-18)27(36)24(35)19-14-30-23-22(19)20(37-2)15-31-25(23)29-11-10-28/h3-7,10-11,14-15,30H,8-9,12-13,28H2,1-2H3,(H,29,31)/b11-10-. The number of pyridine rings is 1. The smallest absolute Gasteiger partial charge is 0.295 e. The monoisotopic (exact) mass is 513 g/mol. The number of carbonyl (C=O) groups excluding carboxylic acids is 2. The van der Waals surface area contributed by atoms with Crippen molar-refractivity contribution in [3.8, 4) is 5.75 Å². The summed E-state index contributed by atoms with van der Waals surface area (Å²) in [5, 5.41) is 11.7. The van der Waals surface area contributed by atoms with Crippen molar-refractivity contribution < 1.29 is 18.7 Å². The van der Waals surface area contributed by atoms with Crippen LogP contribution in [-0.4, -0.2) is 57.0 Å². The average molecular weight is 514 g/mol. The lowest BCUT2D eigenvalue weighted by Gasteiger charge is -2.29. The largest absolute Gasteiger partial charge is 0.494 e. The van der Waals surface area contributed by atoms with Gasteiger partial charge in [-0.2, -0.15) is 0 Å². The van der Waals surface area contributed by atoms with Gasteiger partial charge in [-0.25, -0.2) is 4.98 Å². The molecule has 1 amide bonds. The number of hydrogen-bond acceptors (Lipinski definition) is 9. The first-order chi connectivity index (χ1) is 18.5. The molecule has 0 saturated carbocycles. The van der Waals surface area contributed by atoms with Gasteiger partial charge in [-0.15, -0.1) is 10.2 Å². The summed E-state index contributed by atoms with van der Waals surface area (Å²) in [6.45, 7) is 2.53. The number of nitrogens with two attached hydrogens (primary N) is 1. The van der Waals surface area contributed by atoms with E-state index in [9.17, 15) is 9.59 Å². The van der Waals surface area contributed by atoms with Gasteiger partial charge in [0.1, 0.15) is 5.75 Å². The summed E-state index contributed by atoms with van der Waals surface area (Å²) in [6, 6.07) is 9.84. The zero-order valence-corrected chi connectivity index (χ0v) is 21.0. The number of nitrogens with one attached hydrogen (secondary N) is 2. The number of ketones is 1. The molecule has 5 rings (SSSR count). The number of amides is 1. The summed E-state index contributed by atoms with van der Waals surface area (Å²) in [6.07, 6.45) is 6.99. The maximum absolute atomic E-state index is 13.4. The lowest BCUT2D eigenvalue weighted by atomic mass is 9.92. The lowest BCUT2D eigenvalue weighted by molar-refractivity contribution is -0.126. The van der Waals surface area contributed by atoms with Crippen LogP contribution in [0.5, 0.6) is 5.75 Å². The van der Waals surface area contributed by atoms with E-state index in [1.807, 2.05) is 30.3 Å². The highest BCUT2D eigenvalue weighted by Crippen LogP contribution is 2.34. The van der Waals surface area contributed by atoms with Crippen molar-refractivity contribution in [2.45, 2.75) is 19.8 Å². The molecule has 1 aliphatic heterocycles. The number of ether oxygens (including phenoxy) is 1. The number of methoxy groups -OCH3 is 1. The van der Waals surface area contributed by atoms with E-state index in [1.54, 1.807) is 11.8 Å². The van der Waals surface area contributed by atoms with E-state index >= 15 is 0 Å². The minimum absolute atomic E-state index is 0.219. The van der Waals surface area contributed by atoms with Crippen molar-refractivity contribution in [3.63, 3.8) is 0 Å². The Kier molecular flexibility index (Phi) is 6.90. The zero-order valence-electron chi connectivity index (χ0n) is 21.0. The maximum Gasteiger partial charge on any atom is 0.295 e. The minimum Gasteiger partial charge on any atom is -0.494 e. The van der Waals surface area contributed by atoms with E-state index in [2.05, 4.69) is 25.5 Å². The van der Waals surface area contributed by atoms with Crippen LogP contribution in [-0.2, 0) is 4.79 Å². The number of aryl methyl sites for hydroxylation is 1. The number of hydrogen-bond donors (Lipinski definition) is 3. The van der Waals surface area contributed by atoms with Gasteiger partial charge in [0.05, 0.1) is 29.8 Å². The molecule has 1 aliphatic rings. The van der Waals surface area contributed by atoms with E-state index in [-0.39, 0.29) is 5.56 Å². The molecule has 0 spiro atoms. The van der Waals surface area contributed by atoms with Crippen LogP contribution in [0.25, 0.3) is 16.5 Å². The van der Waals surface area contributed by atoms with Crippen LogP contribution in [0, 0.1) is 6.92 Å². The number of aromatic nitrogens is 4. The van der Waals surface area contributed by atoms with Crippen LogP contribution < -0.4 is 15.8 Å². The Morgan fingerprint density at radius 1 is 1.18 bits per heavy atom. The summed E-state index contributed by atoms with van der Waals surface area (Å²) in [5.74, 6) is 0.568. The summed E-state index contributed by atoms with van der Waals surface area (Å²) < 4.78 is 11.2. The normalized spacial score (nSPS) is 13.7. The van der Waals surface area contributed by atoms with Crippen molar-refractivity contribution in [1.29, 1.82) is 0 Å². The van der Waals surface area contributed by atoms with Crippen molar-refractivity contribution in [2.24, 2.45) is 5.73 Å². The van der Waals surface area contributed by atoms with Gasteiger partial charge in [-0.1, -0.05) is 35.9 Å². The Hall–Kier alpha value is -4.93. The second-order valence-corrected chi connectivity index (χ2v) is 8.72. The lowest BCUT2D eigenvalue weighted by Crippen LogP contribution is -2.40. The predicted octanol–water partition coefficient (Wildman–Crippen LogP) is 3.41. The Morgan fingerprint density at radius 3 is 2.61 bits per heavy atom. The fraction of sp³-hybridized carbons (Fsp3) is 0.222. The van der Waals surface area contributed by atoms with Crippen molar-refractivity contribution >= 4 is 34.0 Å². The van der Waals surface area contributed by atoms with Gasteiger partial charge in [-0.3, -0.25) is 9.59 Å². The third-order valence-corrected chi connectivity index (χ3v) is 6.46. The fourth-order valence-electron chi connectivity index (χ4n) is 4.66. The third-order valence-electron chi connectivity index (χ3n) is 6.46. The number of piperidine rings is 1. The number of fused-ring (bicyclic) bond motifs is 1. The minimum atomic E-state index is -0.621. The molecule has 0 bridgehead atoms. The average Bonchev–Trinajstić information content (AvgIpc) is 3.59. The van der Waals surface area contributed by atoms with E-state index in [0.29, 0.717) is 60.2 Å². The highest BCUT2D eigenvalue weighted by atomic mass is 16.5. The van der Waals surface area contributed by atoms with Crippen LogP contribution in [0.3, 0.4) is 0 Å². The Balaban J connectivity index is 1.40. The molecular weight excluding hydrogens is 486 g/mol. The van der Waals surface area contributed by atoms with Crippen molar-refractivity contribution in [2.75, 3.05) is 25.5 Å². The van der Waals surface area contributed by atoms with Crippen LogP contribution in [0.2, 0.25) is 0 Å². The van der Waals surface area contributed by atoms with Gasteiger partial charge < -0.3 is 30.1 Å². The predicted molar refractivity (Wildman–Crippen MR) is 141 cm³/mol. The molecule has 11 heteroatoms. The number of benzene rings is 1. The molecule has 0 aliphatic carbocycles. The molecule has 3 aromatic heterocycles. The number of carbonyl (C=O) groups is 2. The van der Waals surface area contributed by atoms with Gasteiger partial charge in [0, 0.05) is 44.2 Å². The Bertz CT molecular complexity index is 1540. The van der Waals surface area contributed by atoms with E-state index in [4.69, 9.17) is 14.9 Å². The Labute approximate surface area is 218 Å². The molecule has 4 aromatic rings. The van der Waals surface area contributed by atoms with Crippen molar-refractivity contribution in [3.05, 3.63) is 83.6 Å². The first kappa shape index (κ1) is 24.8. The van der Waals surface area contributed by atoms with Gasteiger partial charge in [0.2, 0.25) is 11.8 Å².